The molecule has 0 spiro atoms. The van der Waals surface area contributed by atoms with E-state index in [1.807, 2.05) is 12.1 Å². The summed E-state index contributed by atoms with van der Waals surface area (Å²) in [5.41, 5.74) is 1.27. The fourth-order valence-corrected chi connectivity index (χ4v) is 2.89. The normalized spacial score (nSPS) is 23.9. The second kappa shape index (κ2) is 6.27. The fourth-order valence-electron chi connectivity index (χ4n) is 2.52. The van der Waals surface area contributed by atoms with Crippen molar-refractivity contribution in [2.24, 2.45) is 5.92 Å². The molecule has 1 aliphatic rings. The van der Waals surface area contributed by atoms with Crippen LogP contribution < -0.4 is 10.1 Å². The highest BCUT2D eigenvalue weighted by molar-refractivity contribution is 6.18. The van der Waals surface area contributed by atoms with Gasteiger partial charge in [-0.05, 0) is 36.5 Å². The molecule has 94 valence electrons. The SMILES string of the molecule is COc1cccc(CNC2CCCC2CCl)c1. The summed E-state index contributed by atoms with van der Waals surface area (Å²) in [5, 5.41) is 3.61. The van der Waals surface area contributed by atoms with Gasteiger partial charge in [-0.1, -0.05) is 18.6 Å². The molecule has 2 rings (SSSR count). The lowest BCUT2D eigenvalue weighted by Gasteiger charge is -2.19. The summed E-state index contributed by atoms with van der Waals surface area (Å²) >= 11 is 5.97. The smallest absolute Gasteiger partial charge is 0.119 e. The minimum Gasteiger partial charge on any atom is -0.497 e. The van der Waals surface area contributed by atoms with E-state index in [9.17, 15) is 0 Å². The molecular formula is C14H20ClNO. The molecule has 0 bridgehead atoms. The molecule has 0 aromatic heterocycles. The summed E-state index contributed by atoms with van der Waals surface area (Å²) in [6.07, 6.45) is 3.81. The second-order valence-corrected chi connectivity index (χ2v) is 4.99. The Hall–Kier alpha value is -0.730. The average molecular weight is 254 g/mol. The Balaban J connectivity index is 1.88. The zero-order chi connectivity index (χ0) is 12.1. The average Bonchev–Trinajstić information content (AvgIpc) is 2.84. The lowest BCUT2D eigenvalue weighted by atomic mass is 10.1. The van der Waals surface area contributed by atoms with Crippen LogP contribution in [0, 0.1) is 5.92 Å². The van der Waals surface area contributed by atoms with Gasteiger partial charge in [0.25, 0.3) is 0 Å². The predicted octanol–water partition coefficient (Wildman–Crippen LogP) is 3.19. The number of rotatable bonds is 5. The number of halogens is 1. The molecule has 0 radical (unpaired) electrons. The molecule has 0 saturated heterocycles. The van der Waals surface area contributed by atoms with E-state index < -0.39 is 0 Å². The van der Waals surface area contributed by atoms with E-state index in [-0.39, 0.29) is 0 Å². The molecule has 2 atom stereocenters. The molecule has 17 heavy (non-hydrogen) atoms. The number of benzene rings is 1. The maximum Gasteiger partial charge on any atom is 0.119 e. The second-order valence-electron chi connectivity index (χ2n) is 4.68. The van der Waals surface area contributed by atoms with Crippen LogP contribution in [-0.4, -0.2) is 19.0 Å². The van der Waals surface area contributed by atoms with Crippen molar-refractivity contribution in [3.8, 4) is 5.75 Å². The quantitative estimate of drug-likeness (QED) is 0.814. The van der Waals surface area contributed by atoms with Gasteiger partial charge in [0.2, 0.25) is 0 Å². The summed E-state index contributed by atoms with van der Waals surface area (Å²) in [5.74, 6) is 2.34. The molecule has 1 aliphatic carbocycles. The summed E-state index contributed by atoms with van der Waals surface area (Å²) in [7, 11) is 1.70. The highest BCUT2D eigenvalue weighted by atomic mass is 35.5. The van der Waals surface area contributed by atoms with Gasteiger partial charge in [-0.25, -0.2) is 0 Å². The van der Waals surface area contributed by atoms with Gasteiger partial charge in [0.05, 0.1) is 7.11 Å². The molecule has 1 N–H and O–H groups in total. The molecule has 1 aromatic rings. The first-order valence-corrected chi connectivity index (χ1v) is 6.79. The van der Waals surface area contributed by atoms with Crippen molar-refractivity contribution >= 4 is 11.6 Å². The van der Waals surface area contributed by atoms with Crippen LogP contribution in [0.25, 0.3) is 0 Å². The van der Waals surface area contributed by atoms with Crippen molar-refractivity contribution in [1.82, 2.24) is 5.32 Å². The standard InChI is InChI=1S/C14H20ClNO/c1-17-13-6-2-4-11(8-13)10-16-14-7-3-5-12(14)9-15/h2,4,6,8,12,14,16H,3,5,7,9-10H2,1H3. The van der Waals surface area contributed by atoms with E-state index >= 15 is 0 Å². The van der Waals surface area contributed by atoms with Crippen LogP contribution in [0.4, 0.5) is 0 Å². The van der Waals surface area contributed by atoms with Gasteiger partial charge in [0.1, 0.15) is 5.75 Å². The van der Waals surface area contributed by atoms with Crippen LogP contribution in [0.3, 0.4) is 0 Å². The van der Waals surface area contributed by atoms with E-state index in [1.54, 1.807) is 7.11 Å². The van der Waals surface area contributed by atoms with Gasteiger partial charge in [-0.3, -0.25) is 0 Å². The van der Waals surface area contributed by atoms with Crippen LogP contribution in [0.15, 0.2) is 24.3 Å². The molecular weight excluding hydrogens is 234 g/mol. The Morgan fingerprint density at radius 1 is 1.41 bits per heavy atom. The molecule has 0 amide bonds. The highest BCUT2D eigenvalue weighted by Gasteiger charge is 2.25. The van der Waals surface area contributed by atoms with Gasteiger partial charge < -0.3 is 10.1 Å². The number of alkyl halides is 1. The minimum atomic E-state index is 0.582. The summed E-state index contributed by atoms with van der Waals surface area (Å²) in [4.78, 5) is 0. The van der Waals surface area contributed by atoms with Crippen LogP contribution >= 0.6 is 11.6 Å². The van der Waals surface area contributed by atoms with E-state index in [1.165, 1.54) is 24.8 Å². The van der Waals surface area contributed by atoms with Crippen molar-refractivity contribution in [3.63, 3.8) is 0 Å². The Morgan fingerprint density at radius 2 is 2.29 bits per heavy atom. The molecule has 2 nitrogen and oxygen atoms in total. The van der Waals surface area contributed by atoms with Crippen molar-refractivity contribution in [1.29, 1.82) is 0 Å². The first-order chi connectivity index (χ1) is 8.33. The monoisotopic (exact) mass is 253 g/mol. The molecule has 2 unspecified atom stereocenters. The zero-order valence-electron chi connectivity index (χ0n) is 10.3. The molecule has 3 heteroatoms. The van der Waals surface area contributed by atoms with Gasteiger partial charge in [0.15, 0.2) is 0 Å². The highest BCUT2D eigenvalue weighted by Crippen LogP contribution is 2.27. The number of hydrogen-bond donors (Lipinski definition) is 1. The first-order valence-electron chi connectivity index (χ1n) is 6.25. The van der Waals surface area contributed by atoms with Crippen molar-refractivity contribution < 1.29 is 4.74 Å². The fraction of sp³-hybridized carbons (Fsp3) is 0.571. The summed E-state index contributed by atoms with van der Waals surface area (Å²) < 4.78 is 5.22. The number of methoxy groups -OCH3 is 1. The summed E-state index contributed by atoms with van der Waals surface area (Å²) in [6.45, 7) is 0.898. The maximum absolute atomic E-state index is 5.97. The Morgan fingerprint density at radius 3 is 3.06 bits per heavy atom. The van der Waals surface area contributed by atoms with E-state index in [4.69, 9.17) is 16.3 Å². The Kier molecular flexibility index (Phi) is 4.69. The molecule has 0 aliphatic heterocycles. The topological polar surface area (TPSA) is 21.3 Å². The predicted molar refractivity (Wildman–Crippen MR) is 71.7 cm³/mol. The van der Waals surface area contributed by atoms with Gasteiger partial charge >= 0.3 is 0 Å². The number of nitrogens with one attached hydrogen (secondary N) is 1. The largest absolute Gasteiger partial charge is 0.497 e. The van der Waals surface area contributed by atoms with E-state index in [0.29, 0.717) is 12.0 Å². The third-order valence-corrected chi connectivity index (χ3v) is 3.96. The first kappa shape index (κ1) is 12.7. The van der Waals surface area contributed by atoms with E-state index in [0.717, 1.165) is 18.2 Å². The molecule has 1 aromatic carbocycles. The molecule has 1 fully saturated rings. The van der Waals surface area contributed by atoms with Crippen LogP contribution in [0.5, 0.6) is 5.75 Å². The zero-order valence-corrected chi connectivity index (χ0v) is 11.0. The van der Waals surface area contributed by atoms with Gasteiger partial charge in [0, 0.05) is 18.5 Å². The van der Waals surface area contributed by atoms with Crippen molar-refractivity contribution in [2.75, 3.05) is 13.0 Å². The van der Waals surface area contributed by atoms with Crippen molar-refractivity contribution in [2.45, 2.75) is 31.8 Å². The lowest BCUT2D eigenvalue weighted by Crippen LogP contribution is -2.32. The Bertz CT molecular complexity index is 356. The van der Waals surface area contributed by atoms with Gasteiger partial charge in [-0.15, -0.1) is 11.6 Å². The number of ether oxygens (including phenoxy) is 1. The molecule has 1 saturated carbocycles. The third-order valence-electron chi connectivity index (χ3n) is 3.56. The van der Waals surface area contributed by atoms with E-state index in [2.05, 4.69) is 17.4 Å². The minimum absolute atomic E-state index is 0.582. The van der Waals surface area contributed by atoms with Crippen LogP contribution in [-0.2, 0) is 6.54 Å². The Labute approximate surface area is 108 Å². The van der Waals surface area contributed by atoms with Gasteiger partial charge in [-0.2, -0.15) is 0 Å². The molecule has 0 heterocycles. The van der Waals surface area contributed by atoms with Crippen LogP contribution in [0.2, 0.25) is 0 Å². The van der Waals surface area contributed by atoms with Crippen molar-refractivity contribution in [3.05, 3.63) is 29.8 Å². The third kappa shape index (κ3) is 3.36. The maximum atomic E-state index is 5.97. The van der Waals surface area contributed by atoms with Crippen LogP contribution in [0.1, 0.15) is 24.8 Å². The summed E-state index contributed by atoms with van der Waals surface area (Å²) in [6, 6.07) is 8.79. The lowest BCUT2D eigenvalue weighted by molar-refractivity contribution is 0.411. The number of hydrogen-bond acceptors (Lipinski definition) is 2.